The van der Waals surface area contributed by atoms with Crippen LogP contribution in [0.25, 0.3) is 0 Å². The monoisotopic (exact) mass is 214 g/mol. The number of carbonyl (C=O) groups excluding carboxylic acids is 1. The molecule has 0 aliphatic rings. The zero-order valence-electron chi connectivity index (χ0n) is 9.71. The van der Waals surface area contributed by atoms with Gasteiger partial charge in [-0.25, -0.2) is 0 Å². The van der Waals surface area contributed by atoms with Gasteiger partial charge in [0.05, 0.1) is 13.2 Å². The Morgan fingerprint density at radius 3 is 2.73 bits per heavy atom. The van der Waals surface area contributed by atoms with E-state index in [2.05, 4.69) is 11.9 Å². The fourth-order valence-corrected chi connectivity index (χ4v) is 1.10. The lowest BCUT2D eigenvalue weighted by atomic mass is 10.1. The van der Waals surface area contributed by atoms with Crippen LogP contribution in [0.3, 0.4) is 0 Å². The summed E-state index contributed by atoms with van der Waals surface area (Å²) in [6, 6.07) is 0. The smallest absolute Gasteiger partial charge is 0.224 e. The molecule has 15 heavy (non-hydrogen) atoms. The molecule has 0 aliphatic heterocycles. The quantitative estimate of drug-likeness (QED) is 0.461. The van der Waals surface area contributed by atoms with Crippen molar-refractivity contribution in [1.29, 1.82) is 0 Å². The summed E-state index contributed by atoms with van der Waals surface area (Å²) in [4.78, 5) is 11.4. The van der Waals surface area contributed by atoms with Gasteiger partial charge in [0, 0.05) is 19.0 Å². The molecule has 88 valence electrons. The number of carbonyl (C=O) groups is 1. The summed E-state index contributed by atoms with van der Waals surface area (Å²) in [5.41, 5.74) is 6.43. The SMILES string of the molecule is C=C(C)COCCNC(=O)C(CC)CN. The molecule has 4 heteroatoms. The molecular weight excluding hydrogens is 192 g/mol. The summed E-state index contributed by atoms with van der Waals surface area (Å²) >= 11 is 0. The van der Waals surface area contributed by atoms with Crippen molar-refractivity contribution in [2.45, 2.75) is 20.3 Å². The Hall–Kier alpha value is -0.870. The lowest BCUT2D eigenvalue weighted by Crippen LogP contribution is -2.36. The Bertz CT molecular complexity index is 201. The maximum Gasteiger partial charge on any atom is 0.224 e. The van der Waals surface area contributed by atoms with E-state index in [0.29, 0.717) is 26.3 Å². The Morgan fingerprint density at radius 1 is 1.60 bits per heavy atom. The first-order valence-corrected chi connectivity index (χ1v) is 5.31. The van der Waals surface area contributed by atoms with Gasteiger partial charge in [0.2, 0.25) is 5.91 Å². The van der Waals surface area contributed by atoms with E-state index in [1.807, 2.05) is 13.8 Å². The minimum atomic E-state index is -0.0776. The molecule has 0 aromatic rings. The van der Waals surface area contributed by atoms with Crippen LogP contribution in [0.1, 0.15) is 20.3 Å². The fraction of sp³-hybridized carbons (Fsp3) is 0.727. The van der Waals surface area contributed by atoms with Crippen molar-refractivity contribution < 1.29 is 9.53 Å². The van der Waals surface area contributed by atoms with Crippen LogP contribution in [0.15, 0.2) is 12.2 Å². The standard InChI is InChI=1S/C11H22N2O2/c1-4-10(7-12)11(14)13-5-6-15-8-9(2)3/h10H,2,4-8,12H2,1,3H3,(H,13,14). The molecule has 1 amide bonds. The van der Waals surface area contributed by atoms with Crippen LogP contribution in [0, 0.1) is 5.92 Å². The highest BCUT2D eigenvalue weighted by molar-refractivity contribution is 5.78. The van der Waals surface area contributed by atoms with E-state index in [9.17, 15) is 4.79 Å². The first kappa shape index (κ1) is 14.1. The second-order valence-corrected chi connectivity index (χ2v) is 3.64. The molecule has 0 radical (unpaired) electrons. The number of ether oxygens (including phenoxy) is 1. The molecule has 0 spiro atoms. The molecule has 0 heterocycles. The number of hydrogen-bond donors (Lipinski definition) is 2. The average molecular weight is 214 g/mol. The van der Waals surface area contributed by atoms with Gasteiger partial charge in [-0.1, -0.05) is 19.1 Å². The van der Waals surface area contributed by atoms with Gasteiger partial charge in [0.1, 0.15) is 0 Å². The third kappa shape index (κ3) is 7.11. The third-order valence-electron chi connectivity index (χ3n) is 2.04. The van der Waals surface area contributed by atoms with E-state index in [1.165, 1.54) is 0 Å². The van der Waals surface area contributed by atoms with Crippen molar-refractivity contribution in [3.05, 3.63) is 12.2 Å². The number of rotatable bonds is 8. The Morgan fingerprint density at radius 2 is 2.27 bits per heavy atom. The van der Waals surface area contributed by atoms with E-state index < -0.39 is 0 Å². The van der Waals surface area contributed by atoms with Crippen LogP contribution < -0.4 is 11.1 Å². The maximum absolute atomic E-state index is 11.4. The number of nitrogens with two attached hydrogens (primary N) is 1. The minimum Gasteiger partial charge on any atom is -0.375 e. The highest BCUT2D eigenvalue weighted by Crippen LogP contribution is 1.98. The van der Waals surface area contributed by atoms with Gasteiger partial charge >= 0.3 is 0 Å². The molecule has 0 rings (SSSR count). The number of nitrogens with one attached hydrogen (secondary N) is 1. The first-order valence-electron chi connectivity index (χ1n) is 5.31. The summed E-state index contributed by atoms with van der Waals surface area (Å²) in [6.07, 6.45) is 0.773. The molecule has 0 aliphatic carbocycles. The summed E-state index contributed by atoms with van der Waals surface area (Å²) in [5, 5.41) is 2.78. The highest BCUT2D eigenvalue weighted by Gasteiger charge is 2.12. The summed E-state index contributed by atoms with van der Waals surface area (Å²) < 4.78 is 5.25. The second-order valence-electron chi connectivity index (χ2n) is 3.64. The topological polar surface area (TPSA) is 64.3 Å². The lowest BCUT2D eigenvalue weighted by Gasteiger charge is -2.12. The van der Waals surface area contributed by atoms with Crippen LogP contribution in [-0.4, -0.2) is 32.2 Å². The van der Waals surface area contributed by atoms with E-state index in [4.69, 9.17) is 10.5 Å². The summed E-state index contributed by atoms with van der Waals surface area (Å²) in [5.74, 6) is -0.0648. The lowest BCUT2D eigenvalue weighted by molar-refractivity contribution is -0.125. The molecule has 4 nitrogen and oxygen atoms in total. The average Bonchev–Trinajstić information content (AvgIpc) is 2.18. The molecule has 0 aromatic carbocycles. The molecule has 0 saturated carbocycles. The van der Waals surface area contributed by atoms with Crippen molar-refractivity contribution >= 4 is 5.91 Å². The largest absolute Gasteiger partial charge is 0.375 e. The van der Waals surface area contributed by atoms with E-state index in [1.54, 1.807) is 0 Å². The molecule has 0 bridgehead atoms. The van der Waals surface area contributed by atoms with Crippen molar-refractivity contribution in [2.75, 3.05) is 26.3 Å². The molecular formula is C11H22N2O2. The van der Waals surface area contributed by atoms with Gasteiger partial charge in [-0.2, -0.15) is 0 Å². The van der Waals surface area contributed by atoms with Crippen LogP contribution in [0.5, 0.6) is 0 Å². The molecule has 3 N–H and O–H groups in total. The van der Waals surface area contributed by atoms with E-state index in [0.717, 1.165) is 12.0 Å². The zero-order chi connectivity index (χ0) is 11.7. The van der Waals surface area contributed by atoms with Gasteiger partial charge in [-0.15, -0.1) is 0 Å². The maximum atomic E-state index is 11.4. The van der Waals surface area contributed by atoms with Gasteiger partial charge in [0.25, 0.3) is 0 Å². The predicted octanol–water partition coefficient (Wildman–Crippen LogP) is 0.680. The van der Waals surface area contributed by atoms with Gasteiger partial charge in [-0.3, -0.25) is 4.79 Å². The van der Waals surface area contributed by atoms with Crippen LogP contribution in [0.2, 0.25) is 0 Å². The summed E-state index contributed by atoms with van der Waals surface area (Å²) in [7, 11) is 0. The van der Waals surface area contributed by atoms with Crippen molar-refractivity contribution in [3.63, 3.8) is 0 Å². The number of hydrogen-bond acceptors (Lipinski definition) is 3. The Labute approximate surface area is 91.9 Å². The Kier molecular flexibility index (Phi) is 7.95. The fourth-order valence-electron chi connectivity index (χ4n) is 1.10. The van der Waals surface area contributed by atoms with Crippen molar-refractivity contribution in [3.8, 4) is 0 Å². The molecule has 1 unspecified atom stereocenters. The van der Waals surface area contributed by atoms with Gasteiger partial charge in [-0.05, 0) is 13.3 Å². The molecule has 0 fully saturated rings. The molecule has 0 aromatic heterocycles. The summed E-state index contributed by atoms with van der Waals surface area (Å²) in [6.45, 7) is 9.56. The second kappa shape index (κ2) is 8.44. The first-order chi connectivity index (χ1) is 7.11. The zero-order valence-corrected chi connectivity index (χ0v) is 9.71. The number of amides is 1. The normalized spacial score (nSPS) is 12.2. The predicted molar refractivity (Wildman–Crippen MR) is 61.5 cm³/mol. The highest BCUT2D eigenvalue weighted by atomic mass is 16.5. The van der Waals surface area contributed by atoms with E-state index >= 15 is 0 Å². The van der Waals surface area contributed by atoms with Crippen molar-refractivity contribution in [2.24, 2.45) is 11.7 Å². The molecule has 0 saturated heterocycles. The van der Waals surface area contributed by atoms with Crippen LogP contribution >= 0.6 is 0 Å². The van der Waals surface area contributed by atoms with E-state index in [-0.39, 0.29) is 11.8 Å². The van der Waals surface area contributed by atoms with Gasteiger partial charge in [0.15, 0.2) is 0 Å². The van der Waals surface area contributed by atoms with Gasteiger partial charge < -0.3 is 15.8 Å². The van der Waals surface area contributed by atoms with Crippen molar-refractivity contribution in [1.82, 2.24) is 5.32 Å². The van der Waals surface area contributed by atoms with Crippen LogP contribution in [0.4, 0.5) is 0 Å². The molecule has 1 atom stereocenters. The Balaban J connectivity index is 3.50. The van der Waals surface area contributed by atoms with Crippen LogP contribution in [-0.2, 0) is 9.53 Å². The minimum absolute atomic E-state index is 0.0129. The third-order valence-corrected chi connectivity index (χ3v) is 2.04.